The van der Waals surface area contributed by atoms with E-state index in [-0.39, 0.29) is 22.5 Å². The SMILES string of the molecule is CC=C(N)NC(=O)c1cc(C)cc(C(C)(C)C)c1O. The molecule has 0 saturated carbocycles. The highest BCUT2D eigenvalue weighted by Gasteiger charge is 2.23. The van der Waals surface area contributed by atoms with Crippen LogP contribution in [0.25, 0.3) is 0 Å². The van der Waals surface area contributed by atoms with Crippen molar-refractivity contribution in [1.82, 2.24) is 5.32 Å². The van der Waals surface area contributed by atoms with Gasteiger partial charge in [-0.05, 0) is 37.0 Å². The molecule has 0 aliphatic carbocycles. The van der Waals surface area contributed by atoms with Crippen LogP contribution in [0.2, 0.25) is 0 Å². The monoisotopic (exact) mass is 262 g/mol. The van der Waals surface area contributed by atoms with E-state index in [9.17, 15) is 9.90 Å². The average Bonchev–Trinajstić information content (AvgIpc) is 2.29. The van der Waals surface area contributed by atoms with Gasteiger partial charge in [0.1, 0.15) is 5.75 Å². The second kappa shape index (κ2) is 5.34. The number of phenolic OH excluding ortho intramolecular Hbond substituents is 1. The number of rotatable bonds is 2. The van der Waals surface area contributed by atoms with E-state index in [0.29, 0.717) is 0 Å². The van der Waals surface area contributed by atoms with Gasteiger partial charge in [-0.3, -0.25) is 4.79 Å². The Hall–Kier alpha value is -1.97. The van der Waals surface area contributed by atoms with E-state index >= 15 is 0 Å². The summed E-state index contributed by atoms with van der Waals surface area (Å²) in [6.45, 7) is 9.59. The van der Waals surface area contributed by atoms with E-state index < -0.39 is 5.91 Å². The van der Waals surface area contributed by atoms with Crippen molar-refractivity contribution < 1.29 is 9.90 Å². The predicted molar refractivity (Wildman–Crippen MR) is 77.0 cm³/mol. The lowest BCUT2D eigenvalue weighted by atomic mass is 9.84. The van der Waals surface area contributed by atoms with E-state index in [1.165, 1.54) is 0 Å². The van der Waals surface area contributed by atoms with Crippen LogP contribution in [0.4, 0.5) is 0 Å². The largest absolute Gasteiger partial charge is 0.507 e. The average molecular weight is 262 g/mol. The molecule has 4 heteroatoms. The number of amides is 1. The summed E-state index contributed by atoms with van der Waals surface area (Å²) in [5, 5.41) is 12.8. The Morgan fingerprint density at radius 3 is 2.42 bits per heavy atom. The van der Waals surface area contributed by atoms with Crippen molar-refractivity contribution in [3.8, 4) is 5.75 Å². The molecule has 0 aromatic heterocycles. The standard InChI is InChI=1S/C15H22N2O2/c1-6-12(16)17-14(19)10-7-9(2)8-11(13(10)18)15(3,4)5/h6-8,18H,16H2,1-5H3,(H,17,19). The fraction of sp³-hybridized carbons (Fsp3) is 0.400. The van der Waals surface area contributed by atoms with Gasteiger partial charge in [0, 0.05) is 5.56 Å². The number of allylic oxidation sites excluding steroid dienone is 1. The number of benzene rings is 1. The van der Waals surface area contributed by atoms with Gasteiger partial charge in [0.15, 0.2) is 0 Å². The topological polar surface area (TPSA) is 75.3 Å². The van der Waals surface area contributed by atoms with Crippen molar-refractivity contribution in [3.63, 3.8) is 0 Å². The number of nitrogens with one attached hydrogen (secondary N) is 1. The molecule has 0 unspecified atom stereocenters. The molecule has 0 bridgehead atoms. The second-order valence-electron chi connectivity index (χ2n) is 5.66. The fourth-order valence-corrected chi connectivity index (χ4v) is 1.79. The van der Waals surface area contributed by atoms with Crippen molar-refractivity contribution in [3.05, 3.63) is 40.7 Å². The summed E-state index contributed by atoms with van der Waals surface area (Å²) < 4.78 is 0. The summed E-state index contributed by atoms with van der Waals surface area (Å²) in [4.78, 5) is 12.1. The van der Waals surface area contributed by atoms with E-state index in [1.807, 2.05) is 33.8 Å². The van der Waals surface area contributed by atoms with Gasteiger partial charge in [0.2, 0.25) is 0 Å². The Morgan fingerprint density at radius 1 is 1.37 bits per heavy atom. The van der Waals surface area contributed by atoms with Crippen LogP contribution in [-0.4, -0.2) is 11.0 Å². The highest BCUT2D eigenvalue weighted by Crippen LogP contribution is 2.34. The summed E-state index contributed by atoms with van der Waals surface area (Å²) in [5.41, 5.74) is 7.25. The predicted octanol–water partition coefficient (Wildman–Crippen LogP) is 2.55. The van der Waals surface area contributed by atoms with E-state index in [2.05, 4.69) is 5.32 Å². The highest BCUT2D eigenvalue weighted by molar-refractivity contribution is 5.98. The third-order valence-corrected chi connectivity index (χ3v) is 2.88. The first-order valence-corrected chi connectivity index (χ1v) is 6.24. The van der Waals surface area contributed by atoms with E-state index in [4.69, 9.17) is 5.73 Å². The van der Waals surface area contributed by atoms with Crippen molar-refractivity contribution in [2.45, 2.75) is 40.0 Å². The minimum absolute atomic E-state index is 0.0134. The van der Waals surface area contributed by atoms with Gasteiger partial charge in [-0.25, -0.2) is 0 Å². The molecule has 0 radical (unpaired) electrons. The molecule has 0 heterocycles. The van der Waals surface area contributed by atoms with Crippen LogP contribution < -0.4 is 11.1 Å². The molecule has 4 nitrogen and oxygen atoms in total. The molecular formula is C15H22N2O2. The van der Waals surface area contributed by atoms with Gasteiger partial charge in [-0.1, -0.05) is 26.8 Å². The zero-order chi connectivity index (χ0) is 14.8. The van der Waals surface area contributed by atoms with Crippen LogP contribution in [0.15, 0.2) is 24.0 Å². The molecule has 0 aliphatic heterocycles. The van der Waals surface area contributed by atoms with E-state index in [1.54, 1.807) is 19.1 Å². The molecule has 1 rings (SSSR count). The quantitative estimate of drug-likeness (QED) is 0.766. The van der Waals surface area contributed by atoms with Crippen LogP contribution >= 0.6 is 0 Å². The molecule has 104 valence electrons. The highest BCUT2D eigenvalue weighted by atomic mass is 16.3. The van der Waals surface area contributed by atoms with Crippen LogP contribution in [0.1, 0.15) is 49.2 Å². The minimum Gasteiger partial charge on any atom is -0.507 e. The molecular weight excluding hydrogens is 240 g/mol. The molecule has 19 heavy (non-hydrogen) atoms. The Kier molecular flexibility index (Phi) is 4.24. The smallest absolute Gasteiger partial charge is 0.260 e. The normalized spacial score (nSPS) is 12.4. The van der Waals surface area contributed by atoms with Crippen LogP contribution in [0, 0.1) is 6.92 Å². The second-order valence-corrected chi connectivity index (χ2v) is 5.66. The van der Waals surface area contributed by atoms with Crippen LogP contribution in [0.3, 0.4) is 0 Å². The van der Waals surface area contributed by atoms with Crippen molar-refractivity contribution in [2.75, 3.05) is 0 Å². The number of phenols is 1. The van der Waals surface area contributed by atoms with Gasteiger partial charge in [0.05, 0.1) is 11.4 Å². The first-order valence-electron chi connectivity index (χ1n) is 6.24. The van der Waals surface area contributed by atoms with Crippen molar-refractivity contribution in [2.24, 2.45) is 5.73 Å². The lowest BCUT2D eigenvalue weighted by Crippen LogP contribution is -2.28. The first-order chi connectivity index (χ1) is 8.66. The molecule has 0 saturated heterocycles. The number of aromatic hydroxyl groups is 1. The van der Waals surface area contributed by atoms with Crippen molar-refractivity contribution >= 4 is 5.91 Å². The minimum atomic E-state index is -0.401. The van der Waals surface area contributed by atoms with Gasteiger partial charge in [-0.2, -0.15) is 0 Å². The van der Waals surface area contributed by atoms with Crippen LogP contribution in [-0.2, 0) is 5.41 Å². The summed E-state index contributed by atoms with van der Waals surface area (Å²) in [7, 11) is 0. The maximum absolute atomic E-state index is 12.1. The summed E-state index contributed by atoms with van der Waals surface area (Å²) in [6.07, 6.45) is 1.59. The van der Waals surface area contributed by atoms with Gasteiger partial charge in [0.25, 0.3) is 5.91 Å². The molecule has 1 amide bonds. The lowest BCUT2D eigenvalue weighted by Gasteiger charge is -2.22. The first kappa shape index (κ1) is 15.1. The number of hydrogen-bond donors (Lipinski definition) is 3. The summed E-state index contributed by atoms with van der Waals surface area (Å²) >= 11 is 0. The third-order valence-electron chi connectivity index (χ3n) is 2.88. The number of aryl methyl sites for hydroxylation is 1. The number of carbonyl (C=O) groups is 1. The maximum Gasteiger partial charge on any atom is 0.260 e. The molecule has 0 atom stereocenters. The zero-order valence-corrected chi connectivity index (χ0v) is 12.2. The fourth-order valence-electron chi connectivity index (χ4n) is 1.79. The molecule has 4 N–H and O–H groups in total. The molecule has 0 aliphatic rings. The van der Waals surface area contributed by atoms with Gasteiger partial charge >= 0.3 is 0 Å². The lowest BCUT2D eigenvalue weighted by molar-refractivity contribution is 0.0962. The zero-order valence-electron chi connectivity index (χ0n) is 12.2. The Bertz CT molecular complexity index is 526. The summed E-state index contributed by atoms with van der Waals surface area (Å²) in [5.74, 6) is -0.120. The Balaban J connectivity index is 3.30. The summed E-state index contributed by atoms with van der Waals surface area (Å²) in [6, 6.07) is 3.55. The van der Waals surface area contributed by atoms with Crippen LogP contribution in [0.5, 0.6) is 5.75 Å². The number of carbonyl (C=O) groups excluding carboxylic acids is 1. The Morgan fingerprint density at radius 2 is 1.95 bits per heavy atom. The van der Waals surface area contributed by atoms with Gasteiger partial charge < -0.3 is 16.2 Å². The van der Waals surface area contributed by atoms with E-state index in [0.717, 1.165) is 11.1 Å². The molecule has 0 fully saturated rings. The Labute approximate surface area is 114 Å². The van der Waals surface area contributed by atoms with Gasteiger partial charge in [-0.15, -0.1) is 0 Å². The third kappa shape index (κ3) is 3.50. The number of hydrogen-bond acceptors (Lipinski definition) is 3. The van der Waals surface area contributed by atoms with Crippen molar-refractivity contribution in [1.29, 1.82) is 0 Å². The number of nitrogens with two attached hydrogens (primary N) is 1. The maximum atomic E-state index is 12.1. The molecule has 0 spiro atoms. The molecule has 1 aromatic carbocycles. The molecule has 1 aromatic rings.